The van der Waals surface area contributed by atoms with Crippen molar-refractivity contribution in [2.24, 2.45) is 11.8 Å². The van der Waals surface area contributed by atoms with Crippen molar-refractivity contribution in [1.29, 1.82) is 0 Å². The van der Waals surface area contributed by atoms with E-state index >= 15 is 0 Å². The largest absolute Gasteiger partial charge is 0.299 e. The summed E-state index contributed by atoms with van der Waals surface area (Å²) in [6.45, 7) is 4.23. The van der Waals surface area contributed by atoms with Crippen LogP contribution in [-0.4, -0.2) is 5.78 Å². The van der Waals surface area contributed by atoms with Crippen LogP contribution < -0.4 is 0 Å². The molecule has 1 saturated carbocycles. The number of rotatable bonds is 2. The molecule has 64 valence electrons. The number of Topliss-reactive ketones (excluding diaryl/α,β-unsaturated/α-hetero) is 1. The van der Waals surface area contributed by atoms with Gasteiger partial charge in [0.2, 0.25) is 0 Å². The predicted octanol–water partition coefficient (Wildman–Crippen LogP) is 2.79. The van der Waals surface area contributed by atoms with E-state index in [2.05, 4.69) is 6.92 Å². The summed E-state index contributed by atoms with van der Waals surface area (Å²) in [5.74, 6) is 1.67. The highest BCUT2D eigenvalue weighted by Crippen LogP contribution is 2.29. The van der Waals surface area contributed by atoms with E-state index in [4.69, 9.17) is 0 Å². The van der Waals surface area contributed by atoms with Gasteiger partial charge in [0, 0.05) is 12.3 Å². The Bertz CT molecular complexity index is 140. The molecule has 0 aliphatic heterocycles. The van der Waals surface area contributed by atoms with Crippen LogP contribution in [-0.2, 0) is 4.79 Å². The first-order valence-corrected chi connectivity index (χ1v) is 4.76. The average molecular weight is 154 g/mol. The lowest BCUT2D eigenvalue weighted by Gasteiger charge is -2.25. The second-order valence-corrected chi connectivity index (χ2v) is 3.79. The molecule has 1 unspecified atom stereocenters. The molecule has 0 spiro atoms. The van der Waals surface area contributed by atoms with Crippen LogP contribution in [0.2, 0.25) is 0 Å². The van der Waals surface area contributed by atoms with Gasteiger partial charge in [-0.1, -0.05) is 26.7 Å². The predicted molar refractivity (Wildman–Crippen MR) is 46.4 cm³/mol. The summed E-state index contributed by atoms with van der Waals surface area (Å²) < 4.78 is 0. The van der Waals surface area contributed by atoms with Gasteiger partial charge in [0.05, 0.1) is 0 Å². The molecule has 2 atom stereocenters. The Morgan fingerprint density at radius 3 is 2.73 bits per heavy atom. The third-order valence-electron chi connectivity index (χ3n) is 2.74. The van der Waals surface area contributed by atoms with Crippen LogP contribution in [0.3, 0.4) is 0 Å². The molecular formula is C10H18O. The van der Waals surface area contributed by atoms with Gasteiger partial charge in [-0.25, -0.2) is 0 Å². The van der Waals surface area contributed by atoms with Crippen molar-refractivity contribution in [3.63, 3.8) is 0 Å². The summed E-state index contributed by atoms with van der Waals surface area (Å²) in [4.78, 5) is 11.3. The number of ketones is 1. The fourth-order valence-electron chi connectivity index (χ4n) is 2.02. The molecule has 1 rings (SSSR count). The van der Waals surface area contributed by atoms with Crippen molar-refractivity contribution in [2.75, 3.05) is 0 Å². The molecule has 1 aliphatic rings. The van der Waals surface area contributed by atoms with Crippen molar-refractivity contribution in [3.05, 3.63) is 0 Å². The standard InChI is InChI=1S/C10H18O/c1-3-10(11)9-6-4-5-8(2)7-9/h8-9H,3-7H2,1-2H3/t8-,9?/m1/s1. The van der Waals surface area contributed by atoms with E-state index in [1.807, 2.05) is 6.92 Å². The fraction of sp³-hybridized carbons (Fsp3) is 0.900. The molecule has 1 heteroatoms. The van der Waals surface area contributed by atoms with Crippen molar-refractivity contribution in [1.82, 2.24) is 0 Å². The molecule has 0 radical (unpaired) electrons. The van der Waals surface area contributed by atoms with Crippen LogP contribution in [0, 0.1) is 11.8 Å². The molecule has 0 saturated heterocycles. The van der Waals surface area contributed by atoms with E-state index < -0.39 is 0 Å². The minimum absolute atomic E-state index is 0.406. The van der Waals surface area contributed by atoms with Crippen LogP contribution in [0.1, 0.15) is 46.0 Å². The molecule has 0 heterocycles. The Hall–Kier alpha value is -0.330. The summed E-state index contributed by atoms with van der Waals surface area (Å²) in [5, 5.41) is 0. The quantitative estimate of drug-likeness (QED) is 0.597. The third kappa shape index (κ3) is 2.32. The summed E-state index contributed by atoms with van der Waals surface area (Å²) >= 11 is 0. The van der Waals surface area contributed by atoms with Crippen LogP contribution in [0.5, 0.6) is 0 Å². The smallest absolute Gasteiger partial charge is 0.135 e. The summed E-state index contributed by atoms with van der Waals surface area (Å²) in [5.41, 5.74) is 0. The van der Waals surface area contributed by atoms with E-state index in [1.54, 1.807) is 0 Å². The molecule has 0 aromatic carbocycles. The monoisotopic (exact) mass is 154 g/mol. The van der Waals surface area contributed by atoms with Gasteiger partial charge in [-0.3, -0.25) is 4.79 Å². The minimum atomic E-state index is 0.406. The van der Waals surface area contributed by atoms with Gasteiger partial charge in [-0.2, -0.15) is 0 Å². The van der Waals surface area contributed by atoms with Crippen LogP contribution in [0.15, 0.2) is 0 Å². The lowest BCUT2D eigenvalue weighted by molar-refractivity contribution is -0.123. The first-order chi connectivity index (χ1) is 5.24. The van der Waals surface area contributed by atoms with E-state index in [-0.39, 0.29) is 0 Å². The van der Waals surface area contributed by atoms with E-state index in [0.717, 1.165) is 25.2 Å². The number of carbonyl (C=O) groups is 1. The SMILES string of the molecule is CCC(=O)C1CCC[C@@H](C)C1. The second-order valence-electron chi connectivity index (χ2n) is 3.79. The van der Waals surface area contributed by atoms with Gasteiger partial charge in [-0.15, -0.1) is 0 Å². The Kier molecular flexibility index (Phi) is 3.10. The summed E-state index contributed by atoms with van der Waals surface area (Å²) in [6.07, 6.45) is 5.62. The van der Waals surface area contributed by atoms with Crippen molar-refractivity contribution in [3.8, 4) is 0 Å². The van der Waals surface area contributed by atoms with Crippen LogP contribution in [0.25, 0.3) is 0 Å². The Labute approximate surface area is 69.2 Å². The molecule has 0 amide bonds. The molecular weight excluding hydrogens is 136 g/mol. The highest BCUT2D eigenvalue weighted by Gasteiger charge is 2.23. The molecule has 0 N–H and O–H groups in total. The van der Waals surface area contributed by atoms with Gasteiger partial charge >= 0.3 is 0 Å². The van der Waals surface area contributed by atoms with Gasteiger partial charge < -0.3 is 0 Å². The maximum atomic E-state index is 11.3. The van der Waals surface area contributed by atoms with Gasteiger partial charge in [0.1, 0.15) is 5.78 Å². The van der Waals surface area contributed by atoms with Gasteiger partial charge in [0.15, 0.2) is 0 Å². The summed E-state index contributed by atoms with van der Waals surface area (Å²) in [6, 6.07) is 0. The molecule has 0 aromatic heterocycles. The number of hydrogen-bond acceptors (Lipinski definition) is 1. The van der Waals surface area contributed by atoms with E-state index in [1.165, 1.54) is 12.8 Å². The van der Waals surface area contributed by atoms with Crippen molar-refractivity contribution < 1.29 is 4.79 Å². The number of hydrogen-bond donors (Lipinski definition) is 0. The van der Waals surface area contributed by atoms with E-state index in [0.29, 0.717) is 11.7 Å². The molecule has 1 nitrogen and oxygen atoms in total. The summed E-state index contributed by atoms with van der Waals surface area (Å²) in [7, 11) is 0. The highest BCUT2D eigenvalue weighted by atomic mass is 16.1. The first-order valence-electron chi connectivity index (χ1n) is 4.76. The zero-order valence-corrected chi connectivity index (χ0v) is 7.60. The number of carbonyl (C=O) groups excluding carboxylic acids is 1. The van der Waals surface area contributed by atoms with E-state index in [9.17, 15) is 4.79 Å². The van der Waals surface area contributed by atoms with Crippen molar-refractivity contribution in [2.45, 2.75) is 46.0 Å². The Morgan fingerprint density at radius 1 is 1.45 bits per heavy atom. The molecule has 0 bridgehead atoms. The minimum Gasteiger partial charge on any atom is -0.299 e. The van der Waals surface area contributed by atoms with Crippen molar-refractivity contribution >= 4 is 5.78 Å². The topological polar surface area (TPSA) is 17.1 Å². The Balaban J connectivity index is 2.39. The molecule has 1 aliphatic carbocycles. The normalized spacial score (nSPS) is 31.8. The maximum Gasteiger partial charge on any atom is 0.135 e. The van der Waals surface area contributed by atoms with Crippen LogP contribution in [0.4, 0.5) is 0 Å². The zero-order valence-electron chi connectivity index (χ0n) is 7.60. The zero-order chi connectivity index (χ0) is 8.27. The lowest BCUT2D eigenvalue weighted by atomic mass is 9.80. The third-order valence-corrected chi connectivity index (χ3v) is 2.74. The second kappa shape index (κ2) is 3.89. The van der Waals surface area contributed by atoms with Gasteiger partial charge in [0.25, 0.3) is 0 Å². The lowest BCUT2D eigenvalue weighted by Crippen LogP contribution is -2.20. The van der Waals surface area contributed by atoms with Gasteiger partial charge in [-0.05, 0) is 18.8 Å². The van der Waals surface area contributed by atoms with Crippen LogP contribution >= 0.6 is 0 Å². The molecule has 1 fully saturated rings. The molecule has 11 heavy (non-hydrogen) atoms. The maximum absolute atomic E-state index is 11.3. The highest BCUT2D eigenvalue weighted by molar-refractivity contribution is 5.80. The fourth-order valence-corrected chi connectivity index (χ4v) is 2.02. The first kappa shape index (κ1) is 8.76. The average Bonchev–Trinajstić information content (AvgIpc) is 2.03. The molecule has 0 aromatic rings. The Morgan fingerprint density at radius 2 is 2.18 bits per heavy atom.